The average Bonchev–Trinajstić information content (AvgIpc) is 2.66. The standard InChI is InChI=1S/C21H27NO5/c1-13(2)14-7-6-8-16(9-14)22-17(12-20(23)24)15-10-18(25-3)21(27-5)19(11-15)26-4/h6-11,13,17,22H,12H2,1-5H3,(H,23,24). The van der Waals surface area contributed by atoms with Crippen molar-refractivity contribution in [2.45, 2.75) is 32.2 Å². The van der Waals surface area contributed by atoms with Gasteiger partial charge in [0.05, 0.1) is 33.8 Å². The fourth-order valence-electron chi connectivity index (χ4n) is 2.92. The SMILES string of the molecule is COc1cc(C(CC(=O)O)Nc2cccc(C(C)C)c2)cc(OC)c1OC. The lowest BCUT2D eigenvalue weighted by Crippen LogP contribution is -2.16. The van der Waals surface area contributed by atoms with Gasteiger partial charge in [0.1, 0.15) is 0 Å². The van der Waals surface area contributed by atoms with Crippen molar-refractivity contribution in [3.05, 3.63) is 47.5 Å². The first kappa shape index (κ1) is 20.4. The van der Waals surface area contributed by atoms with Gasteiger partial charge in [-0.3, -0.25) is 4.79 Å². The molecule has 0 heterocycles. The maximum absolute atomic E-state index is 11.5. The predicted octanol–water partition coefficient (Wildman–Crippen LogP) is 4.46. The summed E-state index contributed by atoms with van der Waals surface area (Å²) in [6.45, 7) is 4.24. The lowest BCUT2D eigenvalue weighted by Gasteiger charge is -2.22. The molecule has 0 fully saturated rings. The van der Waals surface area contributed by atoms with Gasteiger partial charge in [0.2, 0.25) is 5.75 Å². The van der Waals surface area contributed by atoms with E-state index in [1.807, 2.05) is 18.2 Å². The number of hydrogen-bond acceptors (Lipinski definition) is 5. The molecule has 2 rings (SSSR count). The van der Waals surface area contributed by atoms with E-state index in [2.05, 4.69) is 25.2 Å². The fraction of sp³-hybridized carbons (Fsp3) is 0.381. The molecule has 0 radical (unpaired) electrons. The van der Waals surface area contributed by atoms with Crippen LogP contribution in [-0.4, -0.2) is 32.4 Å². The molecule has 146 valence electrons. The predicted molar refractivity (Wildman–Crippen MR) is 105 cm³/mol. The van der Waals surface area contributed by atoms with Crippen molar-refractivity contribution in [1.29, 1.82) is 0 Å². The summed E-state index contributed by atoms with van der Waals surface area (Å²) in [5.41, 5.74) is 2.78. The van der Waals surface area contributed by atoms with Gasteiger partial charge in [0.25, 0.3) is 0 Å². The van der Waals surface area contributed by atoms with Crippen molar-refractivity contribution in [2.24, 2.45) is 0 Å². The zero-order valence-corrected chi connectivity index (χ0v) is 16.4. The topological polar surface area (TPSA) is 77.0 Å². The molecule has 0 aliphatic rings. The minimum atomic E-state index is -0.902. The molecule has 0 bridgehead atoms. The van der Waals surface area contributed by atoms with Gasteiger partial charge < -0.3 is 24.6 Å². The largest absolute Gasteiger partial charge is 0.493 e. The first-order valence-corrected chi connectivity index (χ1v) is 8.77. The normalized spacial score (nSPS) is 11.8. The smallest absolute Gasteiger partial charge is 0.305 e. The Kier molecular flexibility index (Phi) is 6.93. The Labute approximate surface area is 160 Å². The number of aliphatic carboxylic acids is 1. The van der Waals surface area contributed by atoms with Crippen molar-refractivity contribution in [1.82, 2.24) is 0 Å². The van der Waals surface area contributed by atoms with Crippen molar-refractivity contribution < 1.29 is 24.1 Å². The third kappa shape index (κ3) is 5.06. The highest BCUT2D eigenvalue weighted by molar-refractivity contribution is 5.69. The molecule has 6 nitrogen and oxygen atoms in total. The van der Waals surface area contributed by atoms with Crippen molar-refractivity contribution in [3.8, 4) is 17.2 Å². The molecule has 1 atom stereocenters. The zero-order chi connectivity index (χ0) is 20.0. The highest BCUT2D eigenvalue weighted by Gasteiger charge is 2.21. The number of carbonyl (C=O) groups is 1. The maximum atomic E-state index is 11.5. The van der Waals surface area contributed by atoms with Gasteiger partial charge in [-0.1, -0.05) is 26.0 Å². The Morgan fingerprint density at radius 1 is 1.00 bits per heavy atom. The van der Waals surface area contributed by atoms with E-state index >= 15 is 0 Å². The van der Waals surface area contributed by atoms with Crippen molar-refractivity contribution in [3.63, 3.8) is 0 Å². The molecule has 0 aliphatic carbocycles. The van der Waals surface area contributed by atoms with Crippen molar-refractivity contribution in [2.75, 3.05) is 26.6 Å². The summed E-state index contributed by atoms with van der Waals surface area (Å²) in [4.78, 5) is 11.5. The molecule has 1 unspecified atom stereocenters. The van der Waals surface area contributed by atoms with Crippen LogP contribution in [0.3, 0.4) is 0 Å². The Balaban J connectivity index is 2.44. The van der Waals surface area contributed by atoms with Crippen LogP contribution < -0.4 is 19.5 Å². The summed E-state index contributed by atoms with van der Waals surface area (Å²) in [6.07, 6.45) is -0.0927. The molecular formula is C21H27NO5. The van der Waals surface area contributed by atoms with E-state index in [0.29, 0.717) is 23.2 Å². The molecule has 6 heteroatoms. The van der Waals surface area contributed by atoms with Gasteiger partial charge in [-0.15, -0.1) is 0 Å². The number of rotatable bonds is 9. The van der Waals surface area contributed by atoms with E-state index in [0.717, 1.165) is 11.3 Å². The van der Waals surface area contributed by atoms with Crippen LogP contribution in [0.5, 0.6) is 17.2 Å². The van der Waals surface area contributed by atoms with E-state index in [-0.39, 0.29) is 6.42 Å². The van der Waals surface area contributed by atoms with Crippen LogP contribution >= 0.6 is 0 Å². The Morgan fingerprint density at radius 3 is 2.11 bits per heavy atom. The minimum Gasteiger partial charge on any atom is -0.493 e. The highest BCUT2D eigenvalue weighted by atomic mass is 16.5. The molecule has 2 N–H and O–H groups in total. The molecule has 0 aliphatic heterocycles. The Morgan fingerprint density at radius 2 is 1.63 bits per heavy atom. The van der Waals surface area contributed by atoms with Crippen LogP contribution in [0.15, 0.2) is 36.4 Å². The third-order valence-corrected chi connectivity index (χ3v) is 4.36. The van der Waals surface area contributed by atoms with E-state index in [1.54, 1.807) is 12.1 Å². The molecule has 2 aromatic carbocycles. The molecule has 0 saturated heterocycles. The van der Waals surface area contributed by atoms with Gasteiger partial charge >= 0.3 is 5.97 Å². The number of benzene rings is 2. The lowest BCUT2D eigenvalue weighted by atomic mass is 10.00. The molecule has 0 aromatic heterocycles. The van der Waals surface area contributed by atoms with Gasteiger partial charge in [-0.2, -0.15) is 0 Å². The number of carboxylic acid groups (broad SMARTS) is 1. The first-order chi connectivity index (χ1) is 12.9. The number of anilines is 1. The second kappa shape index (κ2) is 9.16. The number of hydrogen-bond donors (Lipinski definition) is 2. The summed E-state index contributed by atoms with van der Waals surface area (Å²) >= 11 is 0. The Hall–Kier alpha value is -2.89. The van der Waals surface area contributed by atoms with Crippen LogP contribution in [0.2, 0.25) is 0 Å². The fourth-order valence-corrected chi connectivity index (χ4v) is 2.92. The van der Waals surface area contributed by atoms with Crippen LogP contribution in [0.1, 0.15) is 43.4 Å². The average molecular weight is 373 g/mol. The molecular weight excluding hydrogens is 346 g/mol. The van der Waals surface area contributed by atoms with Crippen LogP contribution in [0.25, 0.3) is 0 Å². The maximum Gasteiger partial charge on any atom is 0.305 e. The number of nitrogens with one attached hydrogen (secondary N) is 1. The van der Waals surface area contributed by atoms with E-state index in [4.69, 9.17) is 14.2 Å². The van der Waals surface area contributed by atoms with E-state index in [1.165, 1.54) is 26.9 Å². The summed E-state index contributed by atoms with van der Waals surface area (Å²) < 4.78 is 16.1. The lowest BCUT2D eigenvalue weighted by molar-refractivity contribution is -0.137. The Bertz CT molecular complexity index is 763. The molecule has 0 saturated carbocycles. The number of ether oxygens (including phenoxy) is 3. The van der Waals surface area contributed by atoms with Crippen LogP contribution in [0, 0.1) is 0 Å². The molecule has 27 heavy (non-hydrogen) atoms. The summed E-state index contributed by atoms with van der Waals surface area (Å²) in [5, 5.41) is 12.7. The van der Waals surface area contributed by atoms with Gasteiger partial charge in [0, 0.05) is 5.69 Å². The quantitative estimate of drug-likeness (QED) is 0.676. The molecule has 0 spiro atoms. The molecule has 0 amide bonds. The second-order valence-corrected chi connectivity index (χ2v) is 6.53. The third-order valence-electron chi connectivity index (χ3n) is 4.36. The highest BCUT2D eigenvalue weighted by Crippen LogP contribution is 2.40. The number of carboxylic acids is 1. The summed E-state index contributed by atoms with van der Waals surface area (Å²) in [7, 11) is 4.60. The van der Waals surface area contributed by atoms with Crippen molar-refractivity contribution >= 4 is 11.7 Å². The zero-order valence-electron chi connectivity index (χ0n) is 16.4. The number of methoxy groups -OCH3 is 3. The second-order valence-electron chi connectivity index (χ2n) is 6.53. The van der Waals surface area contributed by atoms with Gasteiger partial charge in [-0.05, 0) is 41.3 Å². The van der Waals surface area contributed by atoms with E-state index in [9.17, 15) is 9.90 Å². The minimum absolute atomic E-state index is 0.0927. The molecule has 2 aromatic rings. The monoisotopic (exact) mass is 373 g/mol. The van der Waals surface area contributed by atoms with Crippen LogP contribution in [0.4, 0.5) is 5.69 Å². The van der Waals surface area contributed by atoms with Crippen LogP contribution in [-0.2, 0) is 4.79 Å². The summed E-state index contributed by atoms with van der Waals surface area (Å²) in [6, 6.07) is 11.1. The van der Waals surface area contributed by atoms with E-state index < -0.39 is 12.0 Å². The van der Waals surface area contributed by atoms with Gasteiger partial charge in [0.15, 0.2) is 11.5 Å². The summed E-state index contributed by atoms with van der Waals surface area (Å²) in [5.74, 6) is 0.923. The van der Waals surface area contributed by atoms with Gasteiger partial charge in [-0.25, -0.2) is 0 Å². The first-order valence-electron chi connectivity index (χ1n) is 8.77.